The van der Waals surface area contributed by atoms with Gasteiger partial charge in [-0.05, 0) is 18.9 Å². The van der Waals surface area contributed by atoms with Crippen LogP contribution in [0.15, 0.2) is 18.5 Å². The van der Waals surface area contributed by atoms with Crippen LogP contribution in [0.5, 0.6) is 0 Å². The largest absolute Gasteiger partial charge is 0.385 e. The summed E-state index contributed by atoms with van der Waals surface area (Å²) >= 11 is 0. The van der Waals surface area contributed by atoms with Crippen molar-refractivity contribution in [3.63, 3.8) is 0 Å². The number of fused-ring (bicyclic) bond motifs is 2. The summed E-state index contributed by atoms with van der Waals surface area (Å²) in [7, 11) is 0. The molecule has 4 nitrogen and oxygen atoms in total. The SMILES string of the molecule is OC1(c2cncc(F)c2)CC2COCC(C1)N2. The van der Waals surface area contributed by atoms with Crippen LogP contribution in [-0.4, -0.2) is 35.4 Å². The van der Waals surface area contributed by atoms with Crippen LogP contribution in [0, 0.1) is 5.82 Å². The molecule has 2 aliphatic rings. The molecular formula is C12H15FN2O2. The minimum absolute atomic E-state index is 0.135. The van der Waals surface area contributed by atoms with Crippen molar-refractivity contribution in [2.75, 3.05) is 13.2 Å². The minimum atomic E-state index is -0.987. The Labute approximate surface area is 98.8 Å². The summed E-state index contributed by atoms with van der Waals surface area (Å²) in [5.41, 5.74) is -0.421. The standard InChI is InChI=1S/C12H15FN2O2/c13-9-1-8(4-14-5-9)12(16)2-10-6-17-7-11(3-12)15-10/h1,4-5,10-11,15-16H,2-3,6-7H2. The molecule has 92 valence electrons. The molecule has 2 bridgehead atoms. The molecule has 17 heavy (non-hydrogen) atoms. The van der Waals surface area contributed by atoms with Gasteiger partial charge in [0.2, 0.25) is 0 Å². The number of nitrogens with zero attached hydrogens (tertiary/aromatic N) is 1. The third-order valence-corrected chi connectivity index (χ3v) is 3.52. The number of morpholine rings is 1. The van der Waals surface area contributed by atoms with Gasteiger partial charge in [0.05, 0.1) is 25.0 Å². The van der Waals surface area contributed by atoms with Crippen molar-refractivity contribution in [1.29, 1.82) is 0 Å². The number of nitrogens with one attached hydrogen (secondary N) is 1. The highest BCUT2D eigenvalue weighted by atomic mass is 19.1. The monoisotopic (exact) mass is 238 g/mol. The normalized spacial score (nSPS) is 36.8. The van der Waals surface area contributed by atoms with E-state index in [2.05, 4.69) is 10.3 Å². The van der Waals surface area contributed by atoms with Crippen molar-refractivity contribution in [3.05, 3.63) is 29.8 Å². The molecule has 2 N–H and O–H groups in total. The Kier molecular flexibility index (Phi) is 2.61. The lowest BCUT2D eigenvalue weighted by Crippen LogP contribution is -2.58. The fraction of sp³-hybridized carbons (Fsp3) is 0.583. The highest BCUT2D eigenvalue weighted by Crippen LogP contribution is 2.36. The second-order valence-electron chi connectivity index (χ2n) is 4.93. The maximum absolute atomic E-state index is 13.2. The third-order valence-electron chi connectivity index (χ3n) is 3.52. The smallest absolute Gasteiger partial charge is 0.141 e. The van der Waals surface area contributed by atoms with Crippen molar-refractivity contribution in [2.24, 2.45) is 0 Å². The second kappa shape index (κ2) is 4.01. The van der Waals surface area contributed by atoms with E-state index in [-0.39, 0.29) is 12.1 Å². The zero-order valence-corrected chi connectivity index (χ0v) is 9.40. The van der Waals surface area contributed by atoms with Crippen molar-refractivity contribution < 1.29 is 14.2 Å². The molecule has 0 amide bonds. The fourth-order valence-electron chi connectivity index (χ4n) is 2.82. The van der Waals surface area contributed by atoms with Crippen LogP contribution in [0.3, 0.4) is 0 Å². The Bertz CT molecular complexity index is 415. The molecule has 0 aromatic carbocycles. The average Bonchev–Trinajstić information content (AvgIpc) is 2.28. The quantitative estimate of drug-likeness (QED) is 0.750. The van der Waals surface area contributed by atoms with Crippen LogP contribution in [0.1, 0.15) is 18.4 Å². The van der Waals surface area contributed by atoms with Gasteiger partial charge in [-0.2, -0.15) is 0 Å². The van der Waals surface area contributed by atoms with Crippen LogP contribution in [0.25, 0.3) is 0 Å². The summed E-state index contributed by atoms with van der Waals surface area (Å²) in [5.74, 6) is -0.407. The predicted octanol–water partition coefficient (Wildman–Crippen LogP) is 0.559. The summed E-state index contributed by atoms with van der Waals surface area (Å²) in [6.45, 7) is 1.20. The summed E-state index contributed by atoms with van der Waals surface area (Å²) in [6, 6.07) is 1.64. The molecule has 0 saturated carbocycles. The topological polar surface area (TPSA) is 54.4 Å². The van der Waals surface area contributed by atoms with E-state index in [1.807, 2.05) is 0 Å². The minimum Gasteiger partial charge on any atom is -0.385 e. The van der Waals surface area contributed by atoms with Gasteiger partial charge < -0.3 is 15.2 Å². The first-order valence-corrected chi connectivity index (χ1v) is 5.83. The summed E-state index contributed by atoms with van der Waals surface area (Å²) in [4.78, 5) is 3.81. The number of aliphatic hydroxyl groups is 1. The Balaban J connectivity index is 1.90. The van der Waals surface area contributed by atoms with E-state index in [0.717, 1.165) is 6.20 Å². The van der Waals surface area contributed by atoms with Crippen LogP contribution < -0.4 is 5.32 Å². The van der Waals surface area contributed by atoms with Crippen LogP contribution in [-0.2, 0) is 10.3 Å². The molecule has 0 radical (unpaired) electrons. The maximum Gasteiger partial charge on any atom is 0.141 e. The number of hydrogen-bond acceptors (Lipinski definition) is 4. The molecule has 1 aromatic heterocycles. The Hall–Kier alpha value is -1.04. The molecule has 2 aliphatic heterocycles. The van der Waals surface area contributed by atoms with Gasteiger partial charge in [0, 0.05) is 23.8 Å². The highest BCUT2D eigenvalue weighted by Gasteiger charge is 2.42. The van der Waals surface area contributed by atoms with E-state index in [1.54, 1.807) is 6.20 Å². The zero-order chi connectivity index (χ0) is 11.9. The molecule has 0 aliphatic carbocycles. The third kappa shape index (κ3) is 2.06. The first kappa shape index (κ1) is 11.1. The lowest BCUT2D eigenvalue weighted by Gasteiger charge is -2.45. The van der Waals surface area contributed by atoms with Gasteiger partial charge in [-0.3, -0.25) is 4.98 Å². The molecule has 2 saturated heterocycles. The van der Waals surface area contributed by atoms with Gasteiger partial charge in [0.1, 0.15) is 5.82 Å². The van der Waals surface area contributed by atoms with Gasteiger partial charge in [0.15, 0.2) is 0 Å². The maximum atomic E-state index is 13.2. The number of aromatic nitrogens is 1. The van der Waals surface area contributed by atoms with Crippen molar-refractivity contribution in [2.45, 2.75) is 30.5 Å². The van der Waals surface area contributed by atoms with Gasteiger partial charge in [0.25, 0.3) is 0 Å². The number of ether oxygens (including phenoxy) is 1. The number of hydrogen-bond donors (Lipinski definition) is 2. The molecular weight excluding hydrogens is 223 g/mol. The Morgan fingerprint density at radius 2 is 2.06 bits per heavy atom. The summed E-state index contributed by atoms with van der Waals surface area (Å²) in [5, 5.41) is 14.1. The zero-order valence-electron chi connectivity index (χ0n) is 9.40. The van der Waals surface area contributed by atoms with E-state index in [4.69, 9.17) is 4.74 Å². The molecule has 2 fully saturated rings. The Morgan fingerprint density at radius 3 is 2.71 bits per heavy atom. The van der Waals surface area contributed by atoms with Gasteiger partial charge >= 0.3 is 0 Å². The van der Waals surface area contributed by atoms with Gasteiger partial charge in [-0.25, -0.2) is 4.39 Å². The second-order valence-corrected chi connectivity index (χ2v) is 4.93. The van der Waals surface area contributed by atoms with E-state index in [0.29, 0.717) is 31.6 Å². The van der Waals surface area contributed by atoms with Crippen molar-refractivity contribution in [3.8, 4) is 0 Å². The van der Waals surface area contributed by atoms with E-state index >= 15 is 0 Å². The lowest BCUT2D eigenvalue weighted by molar-refractivity contribution is -0.0805. The van der Waals surface area contributed by atoms with Crippen molar-refractivity contribution >= 4 is 0 Å². The summed E-state index contributed by atoms with van der Waals surface area (Å²) < 4.78 is 18.6. The predicted molar refractivity (Wildman–Crippen MR) is 58.9 cm³/mol. The molecule has 2 atom stereocenters. The van der Waals surface area contributed by atoms with Crippen LogP contribution in [0.2, 0.25) is 0 Å². The molecule has 0 spiro atoms. The molecule has 2 unspecified atom stereocenters. The highest BCUT2D eigenvalue weighted by molar-refractivity contribution is 5.21. The van der Waals surface area contributed by atoms with Crippen molar-refractivity contribution in [1.82, 2.24) is 10.3 Å². The van der Waals surface area contributed by atoms with Gasteiger partial charge in [-0.1, -0.05) is 0 Å². The van der Waals surface area contributed by atoms with Crippen LogP contribution >= 0.6 is 0 Å². The first-order valence-electron chi connectivity index (χ1n) is 5.83. The number of rotatable bonds is 1. The van der Waals surface area contributed by atoms with E-state index in [9.17, 15) is 9.50 Å². The Morgan fingerprint density at radius 1 is 1.35 bits per heavy atom. The molecule has 1 aromatic rings. The number of halogens is 1. The van der Waals surface area contributed by atoms with E-state index in [1.165, 1.54) is 6.07 Å². The fourth-order valence-corrected chi connectivity index (χ4v) is 2.82. The lowest BCUT2D eigenvalue weighted by atomic mass is 9.78. The van der Waals surface area contributed by atoms with Crippen LogP contribution in [0.4, 0.5) is 4.39 Å². The summed E-state index contributed by atoms with van der Waals surface area (Å²) in [6.07, 6.45) is 3.77. The van der Waals surface area contributed by atoms with Gasteiger partial charge in [-0.15, -0.1) is 0 Å². The first-order chi connectivity index (χ1) is 8.16. The molecule has 3 rings (SSSR count). The number of piperidine rings is 1. The number of pyridine rings is 1. The van der Waals surface area contributed by atoms with E-state index < -0.39 is 11.4 Å². The molecule has 3 heterocycles. The molecule has 5 heteroatoms. The average molecular weight is 238 g/mol.